The van der Waals surface area contributed by atoms with E-state index in [0.717, 1.165) is 0 Å². The van der Waals surface area contributed by atoms with Crippen LogP contribution in [0.1, 0.15) is 0 Å². The third-order valence-electron chi connectivity index (χ3n) is 0.478. The molecule has 0 aliphatic rings. The van der Waals surface area contributed by atoms with Gasteiger partial charge in [0.15, 0.2) is 0 Å². The van der Waals surface area contributed by atoms with E-state index in [0.29, 0.717) is 11.8 Å². The first kappa shape index (κ1) is 13.7. The van der Waals surface area contributed by atoms with Crippen molar-refractivity contribution in [3.8, 4) is 0 Å². The van der Waals surface area contributed by atoms with Crippen LogP contribution in [0.4, 0.5) is 0 Å². The fourth-order valence-corrected chi connectivity index (χ4v) is 0.188. The minimum atomic E-state index is -0.582. The average Bonchev–Trinajstić information content (AvgIpc) is 2.03. The molecule has 0 aliphatic carbocycles. The Balaban J connectivity index is 0. The minimum Gasteiger partial charge on any atom is -0.465 e. The van der Waals surface area contributed by atoms with Gasteiger partial charge >= 0.3 is 5.97 Å². The number of hydrogen-bond donors (Lipinski definition) is 0. The summed E-state index contributed by atoms with van der Waals surface area (Å²) in [4.78, 5) is 10.1. The highest BCUT2D eigenvalue weighted by Crippen LogP contribution is 1.96. The van der Waals surface area contributed by atoms with Gasteiger partial charge in [-0.3, -0.25) is 0 Å². The van der Waals surface area contributed by atoms with Crippen molar-refractivity contribution in [3.05, 3.63) is 11.6 Å². The maximum Gasteiger partial charge on any atom is 0.348 e. The van der Waals surface area contributed by atoms with Gasteiger partial charge in [0, 0.05) is 11.8 Å². The summed E-state index contributed by atoms with van der Waals surface area (Å²) in [5.74, 6) is 0.532. The van der Waals surface area contributed by atoms with Crippen molar-refractivity contribution in [2.45, 2.75) is 0 Å². The molecule has 0 radical (unpaired) electrons. The van der Waals surface area contributed by atoms with Crippen LogP contribution in [0.15, 0.2) is 11.6 Å². The van der Waals surface area contributed by atoms with Gasteiger partial charge in [-0.05, 0) is 0 Å². The fraction of sp³-hybridized carbons (Fsp3) is 0.500. The van der Waals surface area contributed by atoms with Crippen LogP contribution >= 0.6 is 34.8 Å². The maximum atomic E-state index is 10.1. The normalized spacial score (nSPS) is 7.64. The molecule has 0 spiro atoms. The van der Waals surface area contributed by atoms with Gasteiger partial charge in [-0.25, -0.2) is 4.79 Å². The average molecular weight is 219 g/mol. The zero-order valence-electron chi connectivity index (χ0n) is 6.07. The van der Waals surface area contributed by atoms with Crippen molar-refractivity contribution < 1.29 is 9.53 Å². The molecule has 0 rings (SSSR count). The Bertz CT molecular complexity index is 123. The number of alkyl halides is 2. The highest BCUT2D eigenvalue weighted by molar-refractivity contribution is 6.40. The van der Waals surface area contributed by atoms with Crippen LogP contribution in [0, 0.1) is 0 Å². The summed E-state index contributed by atoms with van der Waals surface area (Å²) >= 11 is 15.2. The monoisotopic (exact) mass is 218 g/mol. The van der Waals surface area contributed by atoms with Gasteiger partial charge in [-0.1, -0.05) is 18.2 Å². The van der Waals surface area contributed by atoms with Crippen LogP contribution in [0.2, 0.25) is 0 Å². The standard InChI is InChI=1S/C4H5ClO2.C2H4Cl2/c1-3(5)4(6)7-2;3-1-2-4/h1H2,2H3;1-2H2. The second-order valence-corrected chi connectivity index (χ2v) is 2.49. The van der Waals surface area contributed by atoms with Crippen molar-refractivity contribution in [3.63, 3.8) is 0 Å². The van der Waals surface area contributed by atoms with Gasteiger partial charge in [0.05, 0.1) is 7.11 Å². The molecular weight excluding hydrogens is 210 g/mol. The molecule has 0 unspecified atom stereocenters. The van der Waals surface area contributed by atoms with E-state index in [9.17, 15) is 4.79 Å². The molecule has 5 heteroatoms. The van der Waals surface area contributed by atoms with Gasteiger partial charge in [0.1, 0.15) is 5.03 Å². The molecule has 0 saturated carbocycles. The third kappa shape index (κ3) is 13.1. The Kier molecular flexibility index (Phi) is 12.5. The number of ether oxygens (including phenoxy) is 1. The van der Waals surface area contributed by atoms with Gasteiger partial charge in [-0.15, -0.1) is 23.2 Å². The lowest BCUT2D eigenvalue weighted by atomic mass is 10.7. The number of rotatable bonds is 2. The predicted octanol–water partition coefficient (Wildman–Crippen LogP) is 2.38. The molecule has 0 bridgehead atoms. The van der Waals surface area contributed by atoms with E-state index in [-0.39, 0.29) is 5.03 Å². The Morgan fingerprint density at radius 1 is 1.45 bits per heavy atom. The number of carbonyl (C=O) groups is 1. The van der Waals surface area contributed by atoms with E-state index >= 15 is 0 Å². The third-order valence-corrected chi connectivity index (χ3v) is 1.20. The molecule has 0 saturated heterocycles. The van der Waals surface area contributed by atoms with Crippen LogP contribution in [-0.2, 0) is 9.53 Å². The molecule has 0 aromatic carbocycles. The topological polar surface area (TPSA) is 26.3 Å². The summed E-state index contributed by atoms with van der Waals surface area (Å²) in [6.07, 6.45) is 0. The van der Waals surface area contributed by atoms with Crippen LogP contribution < -0.4 is 0 Å². The predicted molar refractivity (Wildman–Crippen MR) is 48.4 cm³/mol. The summed E-state index contributed by atoms with van der Waals surface area (Å²) in [6, 6.07) is 0. The van der Waals surface area contributed by atoms with Crippen molar-refractivity contribution in [1.29, 1.82) is 0 Å². The quantitative estimate of drug-likeness (QED) is 0.405. The fourth-order valence-electron chi connectivity index (χ4n) is 0.111. The van der Waals surface area contributed by atoms with Crippen LogP contribution in [0.3, 0.4) is 0 Å². The molecule has 0 aromatic heterocycles. The maximum absolute atomic E-state index is 10.1. The summed E-state index contributed by atoms with van der Waals surface area (Å²) in [5, 5.41) is -0.0949. The van der Waals surface area contributed by atoms with Gasteiger partial charge in [-0.2, -0.15) is 0 Å². The molecule has 0 atom stereocenters. The number of hydrogen-bond acceptors (Lipinski definition) is 2. The molecule has 2 nitrogen and oxygen atoms in total. The van der Waals surface area contributed by atoms with E-state index < -0.39 is 5.97 Å². The lowest BCUT2D eigenvalue weighted by Crippen LogP contribution is -1.97. The Hall–Kier alpha value is 0.0800. The van der Waals surface area contributed by atoms with Crippen molar-refractivity contribution in [2.75, 3.05) is 18.9 Å². The molecule has 0 fully saturated rings. The number of carbonyl (C=O) groups excluding carboxylic acids is 1. The molecule has 0 aromatic rings. The number of halogens is 3. The summed E-state index contributed by atoms with van der Waals surface area (Å²) < 4.78 is 4.14. The zero-order chi connectivity index (χ0) is 9.28. The molecule has 11 heavy (non-hydrogen) atoms. The molecule has 0 aliphatic heterocycles. The first-order valence-corrected chi connectivity index (χ1v) is 4.09. The smallest absolute Gasteiger partial charge is 0.348 e. The van der Waals surface area contributed by atoms with Crippen molar-refractivity contribution in [1.82, 2.24) is 0 Å². The molecule has 0 N–H and O–H groups in total. The Morgan fingerprint density at radius 2 is 1.82 bits per heavy atom. The van der Waals surface area contributed by atoms with E-state index in [1.165, 1.54) is 7.11 Å². The summed E-state index contributed by atoms with van der Waals surface area (Å²) in [5.41, 5.74) is 0. The van der Waals surface area contributed by atoms with Crippen LogP contribution in [0.5, 0.6) is 0 Å². The molecule has 0 heterocycles. The van der Waals surface area contributed by atoms with Crippen LogP contribution in [0.25, 0.3) is 0 Å². The highest BCUT2D eigenvalue weighted by atomic mass is 35.5. The second kappa shape index (κ2) is 10.1. The summed E-state index contributed by atoms with van der Waals surface area (Å²) in [7, 11) is 1.25. The van der Waals surface area contributed by atoms with E-state index in [2.05, 4.69) is 11.3 Å². The highest BCUT2D eigenvalue weighted by Gasteiger charge is 1.98. The van der Waals surface area contributed by atoms with E-state index in [4.69, 9.17) is 34.8 Å². The largest absolute Gasteiger partial charge is 0.465 e. The van der Waals surface area contributed by atoms with Crippen LogP contribution in [-0.4, -0.2) is 24.8 Å². The second-order valence-electron chi connectivity index (χ2n) is 1.27. The first-order valence-electron chi connectivity index (χ1n) is 2.64. The van der Waals surface area contributed by atoms with E-state index in [1.807, 2.05) is 0 Å². The van der Waals surface area contributed by atoms with Gasteiger partial charge < -0.3 is 4.74 Å². The number of esters is 1. The minimum absolute atomic E-state index is 0.0949. The first-order chi connectivity index (χ1) is 5.09. The number of methoxy groups -OCH3 is 1. The lowest BCUT2D eigenvalue weighted by Gasteiger charge is -1.89. The lowest BCUT2D eigenvalue weighted by molar-refractivity contribution is -0.135. The van der Waals surface area contributed by atoms with Gasteiger partial charge in [0.2, 0.25) is 0 Å². The molecule has 66 valence electrons. The van der Waals surface area contributed by atoms with Gasteiger partial charge in [0.25, 0.3) is 0 Å². The van der Waals surface area contributed by atoms with Crippen molar-refractivity contribution in [2.24, 2.45) is 0 Å². The molecule has 0 amide bonds. The molecular formula is C6H9Cl3O2. The SMILES string of the molecule is C=C(Cl)C(=O)OC.ClCCCl. The Morgan fingerprint density at radius 3 is 1.82 bits per heavy atom. The summed E-state index contributed by atoms with van der Waals surface area (Å²) in [6.45, 7) is 3.12. The van der Waals surface area contributed by atoms with E-state index in [1.54, 1.807) is 0 Å². The Labute approximate surface area is 81.1 Å². The van der Waals surface area contributed by atoms with Crippen molar-refractivity contribution >= 4 is 40.8 Å². The zero-order valence-corrected chi connectivity index (χ0v) is 8.34.